The van der Waals surface area contributed by atoms with Crippen LogP contribution in [0.5, 0.6) is 5.75 Å². The summed E-state index contributed by atoms with van der Waals surface area (Å²) in [6, 6.07) is 6.50. The fraction of sp³-hybridized carbons (Fsp3) is 0.286. The molecule has 4 heterocycles. The number of nitrogens with zero attached hydrogens (tertiary/aromatic N) is 2. The molecule has 8 nitrogen and oxygen atoms in total. The first-order valence-corrected chi connectivity index (χ1v) is 9.25. The van der Waals surface area contributed by atoms with Gasteiger partial charge in [-0.1, -0.05) is 0 Å². The van der Waals surface area contributed by atoms with Crippen molar-refractivity contribution >= 4 is 16.9 Å². The number of aromatic hydroxyl groups is 1. The van der Waals surface area contributed by atoms with E-state index >= 15 is 0 Å². The van der Waals surface area contributed by atoms with Crippen molar-refractivity contribution in [1.82, 2.24) is 9.55 Å². The third-order valence-corrected chi connectivity index (χ3v) is 5.92. The van der Waals surface area contributed by atoms with E-state index in [2.05, 4.69) is 4.98 Å². The maximum Gasteiger partial charge on any atom is 0.343 e. The Hall–Kier alpha value is -3.23. The Morgan fingerprint density at radius 3 is 2.79 bits per heavy atom. The van der Waals surface area contributed by atoms with E-state index in [-0.39, 0.29) is 35.5 Å². The smallest absolute Gasteiger partial charge is 0.343 e. The van der Waals surface area contributed by atoms with Crippen LogP contribution in [0.4, 0.5) is 0 Å². The Morgan fingerprint density at radius 2 is 2.03 bits per heavy atom. The van der Waals surface area contributed by atoms with Crippen LogP contribution in [-0.4, -0.2) is 37.4 Å². The fourth-order valence-electron chi connectivity index (χ4n) is 4.33. The topological polar surface area (TPSA) is 122 Å². The molecule has 2 aromatic heterocycles. The summed E-state index contributed by atoms with van der Waals surface area (Å²) in [5.74, 6) is -0.741. The minimum absolute atomic E-state index is 0.134. The minimum atomic E-state index is -2.07. The number of benzene rings is 1. The number of phenols is 1. The van der Waals surface area contributed by atoms with Crippen molar-refractivity contribution in [2.45, 2.75) is 32.1 Å². The monoisotopic (exact) mass is 394 g/mol. The third kappa shape index (κ3) is 2.30. The summed E-state index contributed by atoms with van der Waals surface area (Å²) in [4.78, 5) is 30.1. The summed E-state index contributed by atoms with van der Waals surface area (Å²) in [7, 11) is 0. The first-order chi connectivity index (χ1) is 13.8. The van der Waals surface area contributed by atoms with Crippen molar-refractivity contribution in [3.63, 3.8) is 0 Å². The van der Waals surface area contributed by atoms with Gasteiger partial charge in [0.2, 0.25) is 0 Å². The number of fused-ring (bicyclic) bond motifs is 5. The van der Waals surface area contributed by atoms with E-state index in [1.54, 1.807) is 28.8 Å². The molecule has 1 atom stereocenters. The van der Waals surface area contributed by atoms with Crippen molar-refractivity contribution in [3.8, 4) is 17.1 Å². The van der Waals surface area contributed by atoms with Crippen molar-refractivity contribution in [1.29, 1.82) is 0 Å². The molecule has 3 aromatic rings. The predicted octanol–water partition coefficient (Wildman–Crippen LogP) is 1.07. The first-order valence-electron chi connectivity index (χ1n) is 9.25. The standard InChI is InChI=1S/C21H18N2O6/c1-10-12-6-11(25)2-3-16(12)22-18-13(10)8-23-17(18)7-15-14(19(23)26)9-29-20(27)21(15,28)4-5-24/h2-3,6-7,24-25,28H,4-5,8-9H2,1H3/t21-/m0/s1. The molecule has 0 spiro atoms. The van der Waals surface area contributed by atoms with Gasteiger partial charge in [0.25, 0.3) is 5.56 Å². The number of carbonyl (C=O) groups is 1. The number of rotatable bonds is 2. The number of esters is 1. The van der Waals surface area contributed by atoms with Crippen molar-refractivity contribution < 1.29 is 24.9 Å². The zero-order chi connectivity index (χ0) is 20.5. The fourth-order valence-corrected chi connectivity index (χ4v) is 4.33. The number of aryl methyl sites for hydroxylation is 1. The summed E-state index contributed by atoms with van der Waals surface area (Å²) in [5.41, 5.74) is 1.47. The maximum absolute atomic E-state index is 13.2. The second-order valence-electron chi connectivity index (χ2n) is 7.49. The molecule has 0 amide bonds. The largest absolute Gasteiger partial charge is 0.508 e. The Morgan fingerprint density at radius 1 is 1.24 bits per heavy atom. The van der Waals surface area contributed by atoms with Crippen LogP contribution in [0.2, 0.25) is 0 Å². The molecule has 0 saturated heterocycles. The van der Waals surface area contributed by atoms with Gasteiger partial charge in [-0.25, -0.2) is 9.78 Å². The normalized spacial score (nSPS) is 19.6. The molecule has 0 radical (unpaired) electrons. The van der Waals surface area contributed by atoms with Crippen LogP contribution >= 0.6 is 0 Å². The first kappa shape index (κ1) is 17.8. The van der Waals surface area contributed by atoms with Crippen LogP contribution in [0.1, 0.15) is 28.7 Å². The number of aromatic nitrogens is 2. The quantitative estimate of drug-likeness (QED) is 0.435. The van der Waals surface area contributed by atoms with Crippen molar-refractivity contribution in [3.05, 3.63) is 56.9 Å². The molecule has 0 unspecified atom stereocenters. The van der Waals surface area contributed by atoms with Crippen LogP contribution < -0.4 is 5.56 Å². The lowest BCUT2D eigenvalue weighted by atomic mass is 9.85. The van der Waals surface area contributed by atoms with Gasteiger partial charge in [0.05, 0.1) is 29.0 Å². The average Bonchev–Trinajstić information content (AvgIpc) is 3.06. The lowest BCUT2D eigenvalue weighted by Gasteiger charge is -2.32. The predicted molar refractivity (Wildman–Crippen MR) is 102 cm³/mol. The van der Waals surface area contributed by atoms with Crippen LogP contribution in [0, 0.1) is 6.92 Å². The van der Waals surface area contributed by atoms with E-state index in [1.165, 1.54) is 0 Å². The molecule has 0 fully saturated rings. The van der Waals surface area contributed by atoms with E-state index in [0.29, 0.717) is 23.4 Å². The van der Waals surface area contributed by atoms with E-state index in [9.17, 15) is 24.9 Å². The number of hydrogen-bond donors (Lipinski definition) is 3. The molecule has 3 N–H and O–H groups in total. The Labute approximate surface area is 164 Å². The van der Waals surface area contributed by atoms with E-state index in [1.807, 2.05) is 6.92 Å². The maximum atomic E-state index is 13.2. The molecule has 148 valence electrons. The highest BCUT2D eigenvalue weighted by Crippen LogP contribution is 2.40. The summed E-state index contributed by atoms with van der Waals surface area (Å²) in [5, 5.41) is 30.9. The van der Waals surface area contributed by atoms with Gasteiger partial charge in [-0.15, -0.1) is 0 Å². The molecule has 5 rings (SSSR count). The molecule has 29 heavy (non-hydrogen) atoms. The number of cyclic esters (lactones) is 1. The van der Waals surface area contributed by atoms with Crippen LogP contribution in [0.25, 0.3) is 22.3 Å². The molecule has 0 saturated carbocycles. The summed E-state index contributed by atoms with van der Waals surface area (Å²) >= 11 is 0. The van der Waals surface area contributed by atoms with Gasteiger partial charge in [0, 0.05) is 29.5 Å². The lowest BCUT2D eigenvalue weighted by Crippen LogP contribution is -2.45. The van der Waals surface area contributed by atoms with Gasteiger partial charge in [-0.05, 0) is 36.8 Å². The van der Waals surface area contributed by atoms with Gasteiger partial charge in [-0.2, -0.15) is 0 Å². The number of pyridine rings is 2. The lowest BCUT2D eigenvalue weighted by molar-refractivity contribution is -0.173. The molecule has 2 aliphatic rings. The summed E-state index contributed by atoms with van der Waals surface area (Å²) in [6.45, 7) is 1.55. The number of carbonyl (C=O) groups excluding carboxylic acids is 1. The Bertz CT molecular complexity index is 1280. The third-order valence-electron chi connectivity index (χ3n) is 5.92. The van der Waals surface area contributed by atoms with Crippen LogP contribution in [0.3, 0.4) is 0 Å². The molecule has 0 aliphatic carbocycles. The number of aliphatic hydroxyl groups excluding tert-OH is 1. The number of ether oxygens (including phenoxy) is 1. The summed E-state index contributed by atoms with van der Waals surface area (Å²) in [6.07, 6.45) is -0.266. The average molecular weight is 394 g/mol. The highest BCUT2D eigenvalue weighted by molar-refractivity contribution is 5.89. The molecular weight excluding hydrogens is 376 g/mol. The number of phenolic OH excluding ortho intramolecular Hbond substituents is 1. The Balaban J connectivity index is 1.80. The zero-order valence-electron chi connectivity index (χ0n) is 15.6. The van der Waals surface area contributed by atoms with E-state index in [0.717, 1.165) is 16.5 Å². The highest BCUT2D eigenvalue weighted by Gasteiger charge is 2.46. The van der Waals surface area contributed by atoms with Crippen molar-refractivity contribution in [2.75, 3.05) is 6.61 Å². The Kier molecular flexibility index (Phi) is 3.62. The van der Waals surface area contributed by atoms with E-state index in [4.69, 9.17) is 4.74 Å². The molecule has 1 aromatic carbocycles. The van der Waals surface area contributed by atoms with Gasteiger partial charge in [0.15, 0.2) is 5.60 Å². The highest BCUT2D eigenvalue weighted by atomic mass is 16.6. The van der Waals surface area contributed by atoms with E-state index < -0.39 is 18.2 Å². The molecule has 8 heteroatoms. The summed E-state index contributed by atoms with van der Waals surface area (Å²) < 4.78 is 6.59. The molecular formula is C21H18N2O6. The molecule has 0 bridgehead atoms. The minimum Gasteiger partial charge on any atom is -0.508 e. The molecule has 2 aliphatic heterocycles. The van der Waals surface area contributed by atoms with Gasteiger partial charge in [-0.3, -0.25) is 4.79 Å². The SMILES string of the molecule is Cc1c2c(nc3ccc(O)cc13)-c1cc3c(c(=O)n1C2)COC(=O)[C@]3(O)CCO. The second kappa shape index (κ2) is 5.88. The van der Waals surface area contributed by atoms with Crippen molar-refractivity contribution in [2.24, 2.45) is 0 Å². The van der Waals surface area contributed by atoms with Gasteiger partial charge < -0.3 is 24.6 Å². The van der Waals surface area contributed by atoms with Gasteiger partial charge >= 0.3 is 5.97 Å². The van der Waals surface area contributed by atoms with Crippen LogP contribution in [-0.2, 0) is 28.3 Å². The van der Waals surface area contributed by atoms with Crippen LogP contribution in [0.15, 0.2) is 29.1 Å². The zero-order valence-corrected chi connectivity index (χ0v) is 15.6. The second-order valence-corrected chi connectivity index (χ2v) is 7.49. The number of aliphatic hydroxyl groups is 2. The number of hydrogen-bond acceptors (Lipinski definition) is 7. The van der Waals surface area contributed by atoms with Gasteiger partial charge in [0.1, 0.15) is 12.4 Å².